The molecule has 6 heteroatoms. The standard InChI is InChI=1S/C17H30N2O4/c1-16(2,3)23-15(22)19-10-12(9-13(19)14(20)21)18-8-6-7-17(4,5)11-18/h12-13H,6-11H2,1-5H3,(H,20,21)/t12?,13-/m0/s1. The van der Waals surface area contributed by atoms with E-state index in [0.29, 0.717) is 13.0 Å². The van der Waals surface area contributed by atoms with Crippen LogP contribution in [0.25, 0.3) is 0 Å². The maximum atomic E-state index is 12.4. The topological polar surface area (TPSA) is 70.1 Å². The highest BCUT2D eigenvalue weighted by Gasteiger charge is 2.44. The minimum atomic E-state index is -0.949. The van der Waals surface area contributed by atoms with E-state index in [-0.39, 0.29) is 11.5 Å². The van der Waals surface area contributed by atoms with Gasteiger partial charge in [-0.15, -0.1) is 0 Å². The van der Waals surface area contributed by atoms with Gasteiger partial charge in [-0.05, 0) is 52.0 Å². The second-order valence-electron chi connectivity index (χ2n) is 8.61. The Morgan fingerprint density at radius 3 is 2.43 bits per heavy atom. The molecular formula is C17H30N2O4. The van der Waals surface area contributed by atoms with E-state index in [9.17, 15) is 14.7 Å². The molecule has 0 aromatic rings. The summed E-state index contributed by atoms with van der Waals surface area (Å²) in [4.78, 5) is 27.7. The molecule has 2 rings (SSSR count). The number of carbonyl (C=O) groups is 2. The van der Waals surface area contributed by atoms with Gasteiger partial charge in [-0.3, -0.25) is 9.80 Å². The number of carboxylic acid groups (broad SMARTS) is 1. The molecular weight excluding hydrogens is 296 g/mol. The molecule has 0 aromatic carbocycles. The number of hydrogen-bond donors (Lipinski definition) is 1. The van der Waals surface area contributed by atoms with Crippen LogP contribution in [0.1, 0.15) is 53.9 Å². The minimum Gasteiger partial charge on any atom is -0.480 e. The molecule has 2 saturated heterocycles. The van der Waals surface area contributed by atoms with Crippen LogP contribution in [-0.4, -0.2) is 64.3 Å². The molecule has 2 heterocycles. The highest BCUT2D eigenvalue weighted by Crippen LogP contribution is 2.33. The maximum absolute atomic E-state index is 12.4. The Morgan fingerprint density at radius 1 is 1.26 bits per heavy atom. The van der Waals surface area contributed by atoms with Crippen LogP contribution in [0.4, 0.5) is 4.79 Å². The van der Waals surface area contributed by atoms with Crippen LogP contribution in [0, 0.1) is 5.41 Å². The number of carboxylic acids is 1. The summed E-state index contributed by atoms with van der Waals surface area (Å²) in [5, 5.41) is 9.48. The maximum Gasteiger partial charge on any atom is 0.411 e. The molecule has 0 radical (unpaired) electrons. The number of ether oxygens (including phenoxy) is 1. The van der Waals surface area contributed by atoms with Crippen molar-refractivity contribution < 1.29 is 19.4 Å². The average molecular weight is 326 g/mol. The highest BCUT2D eigenvalue weighted by atomic mass is 16.6. The fraction of sp³-hybridized carbons (Fsp3) is 0.882. The van der Waals surface area contributed by atoms with E-state index in [1.807, 2.05) is 0 Å². The van der Waals surface area contributed by atoms with Crippen molar-refractivity contribution in [3.05, 3.63) is 0 Å². The van der Waals surface area contributed by atoms with Crippen LogP contribution in [0.5, 0.6) is 0 Å². The monoisotopic (exact) mass is 326 g/mol. The van der Waals surface area contributed by atoms with Crippen LogP contribution in [-0.2, 0) is 9.53 Å². The van der Waals surface area contributed by atoms with Crippen molar-refractivity contribution >= 4 is 12.1 Å². The van der Waals surface area contributed by atoms with E-state index in [1.165, 1.54) is 11.3 Å². The molecule has 132 valence electrons. The molecule has 0 aromatic heterocycles. The van der Waals surface area contributed by atoms with Gasteiger partial charge in [0.15, 0.2) is 0 Å². The summed E-state index contributed by atoms with van der Waals surface area (Å²) in [7, 11) is 0. The van der Waals surface area contributed by atoms with Crippen molar-refractivity contribution in [2.24, 2.45) is 5.41 Å². The molecule has 2 fully saturated rings. The largest absolute Gasteiger partial charge is 0.480 e. The lowest BCUT2D eigenvalue weighted by Gasteiger charge is -2.41. The van der Waals surface area contributed by atoms with Gasteiger partial charge in [-0.25, -0.2) is 9.59 Å². The summed E-state index contributed by atoms with van der Waals surface area (Å²) in [5.41, 5.74) is -0.373. The van der Waals surface area contributed by atoms with E-state index >= 15 is 0 Å². The molecule has 2 aliphatic rings. The van der Waals surface area contributed by atoms with E-state index in [0.717, 1.165) is 19.5 Å². The van der Waals surface area contributed by atoms with Gasteiger partial charge in [0.05, 0.1) is 0 Å². The van der Waals surface area contributed by atoms with Crippen LogP contribution in [0.15, 0.2) is 0 Å². The molecule has 1 unspecified atom stereocenters. The van der Waals surface area contributed by atoms with Gasteiger partial charge in [-0.2, -0.15) is 0 Å². The summed E-state index contributed by atoms with van der Waals surface area (Å²) in [6.07, 6.45) is 2.26. The zero-order chi connectivity index (χ0) is 17.4. The zero-order valence-corrected chi connectivity index (χ0v) is 15.0. The first-order valence-corrected chi connectivity index (χ1v) is 8.45. The summed E-state index contributed by atoms with van der Waals surface area (Å²) in [5.74, 6) is -0.949. The van der Waals surface area contributed by atoms with E-state index in [4.69, 9.17) is 4.74 Å². The molecule has 1 amide bonds. The SMILES string of the molecule is CC1(C)CCCN(C2C[C@@H](C(=O)O)N(C(=O)OC(C)(C)C)C2)C1. The Hall–Kier alpha value is -1.30. The van der Waals surface area contributed by atoms with Crippen molar-refractivity contribution in [1.82, 2.24) is 9.80 Å². The lowest BCUT2D eigenvalue weighted by molar-refractivity contribution is -0.142. The average Bonchev–Trinajstić information content (AvgIpc) is 2.80. The first-order valence-electron chi connectivity index (χ1n) is 8.45. The summed E-state index contributed by atoms with van der Waals surface area (Å²) in [6, 6.07) is -0.692. The van der Waals surface area contributed by atoms with Gasteiger partial charge in [0, 0.05) is 19.1 Å². The first kappa shape index (κ1) is 18.0. The third-order valence-corrected chi connectivity index (χ3v) is 4.64. The quantitative estimate of drug-likeness (QED) is 0.844. The fourth-order valence-electron chi connectivity index (χ4n) is 3.62. The summed E-state index contributed by atoms with van der Waals surface area (Å²) in [6.45, 7) is 12.2. The van der Waals surface area contributed by atoms with Crippen LogP contribution in [0.3, 0.4) is 0 Å². The van der Waals surface area contributed by atoms with Gasteiger partial charge in [-0.1, -0.05) is 13.8 Å². The Labute approximate surface area is 138 Å². The molecule has 0 bridgehead atoms. The number of piperidine rings is 1. The minimum absolute atomic E-state index is 0.100. The number of amides is 1. The molecule has 2 aliphatic heterocycles. The number of nitrogens with zero attached hydrogens (tertiary/aromatic N) is 2. The van der Waals surface area contributed by atoms with Crippen LogP contribution >= 0.6 is 0 Å². The molecule has 23 heavy (non-hydrogen) atoms. The predicted octanol–water partition coefficient (Wildman–Crippen LogP) is 2.57. The smallest absolute Gasteiger partial charge is 0.411 e. The normalized spacial score (nSPS) is 28.7. The van der Waals surface area contributed by atoms with Crippen molar-refractivity contribution in [2.75, 3.05) is 19.6 Å². The lowest BCUT2D eigenvalue weighted by atomic mass is 9.83. The molecule has 2 atom stereocenters. The number of hydrogen-bond acceptors (Lipinski definition) is 4. The van der Waals surface area contributed by atoms with Gasteiger partial charge < -0.3 is 9.84 Å². The predicted molar refractivity (Wildman–Crippen MR) is 87.4 cm³/mol. The number of likely N-dealkylation sites (tertiary alicyclic amines) is 2. The van der Waals surface area contributed by atoms with Gasteiger partial charge in [0.25, 0.3) is 0 Å². The summed E-state index contributed by atoms with van der Waals surface area (Å²) < 4.78 is 5.38. The fourth-order valence-corrected chi connectivity index (χ4v) is 3.62. The van der Waals surface area contributed by atoms with Gasteiger partial charge in [0.1, 0.15) is 11.6 Å². The second kappa shape index (κ2) is 6.30. The van der Waals surface area contributed by atoms with E-state index in [2.05, 4.69) is 18.7 Å². The van der Waals surface area contributed by atoms with Gasteiger partial charge >= 0.3 is 12.1 Å². The third-order valence-electron chi connectivity index (χ3n) is 4.64. The second-order valence-corrected chi connectivity index (χ2v) is 8.61. The Bertz CT molecular complexity index is 470. The number of aliphatic carboxylic acids is 1. The van der Waals surface area contributed by atoms with Crippen molar-refractivity contribution in [3.8, 4) is 0 Å². The van der Waals surface area contributed by atoms with E-state index in [1.54, 1.807) is 20.8 Å². The highest BCUT2D eigenvalue weighted by molar-refractivity contribution is 5.81. The zero-order valence-electron chi connectivity index (χ0n) is 15.0. The van der Waals surface area contributed by atoms with Crippen LogP contribution < -0.4 is 0 Å². The van der Waals surface area contributed by atoms with Gasteiger partial charge in [0.2, 0.25) is 0 Å². The Kier molecular flexibility index (Phi) is 4.95. The Balaban J connectivity index is 2.08. The molecule has 0 aliphatic carbocycles. The molecule has 6 nitrogen and oxygen atoms in total. The van der Waals surface area contributed by atoms with Crippen molar-refractivity contribution in [1.29, 1.82) is 0 Å². The van der Waals surface area contributed by atoms with Crippen LogP contribution in [0.2, 0.25) is 0 Å². The lowest BCUT2D eigenvalue weighted by Crippen LogP contribution is -2.47. The van der Waals surface area contributed by atoms with Crippen molar-refractivity contribution in [3.63, 3.8) is 0 Å². The molecule has 0 saturated carbocycles. The number of carbonyl (C=O) groups excluding carboxylic acids is 1. The number of rotatable bonds is 2. The third kappa shape index (κ3) is 4.59. The Morgan fingerprint density at radius 2 is 1.91 bits per heavy atom. The first-order chi connectivity index (χ1) is 10.5. The molecule has 1 N–H and O–H groups in total. The van der Waals surface area contributed by atoms with E-state index < -0.39 is 23.7 Å². The van der Waals surface area contributed by atoms with Crippen molar-refractivity contribution in [2.45, 2.75) is 71.6 Å². The molecule has 0 spiro atoms. The summed E-state index contributed by atoms with van der Waals surface area (Å²) >= 11 is 0.